The molecule has 1 fully saturated rings. The molecule has 28 heavy (non-hydrogen) atoms. The minimum absolute atomic E-state index is 0.119. The number of benzene rings is 2. The van der Waals surface area contributed by atoms with Crippen molar-refractivity contribution in [2.45, 2.75) is 24.3 Å². The molecule has 0 aromatic heterocycles. The van der Waals surface area contributed by atoms with Gasteiger partial charge in [0.15, 0.2) is 6.10 Å². The second-order valence-corrected chi connectivity index (χ2v) is 8.89. The maximum atomic E-state index is 12.8. The Morgan fingerprint density at radius 3 is 2.36 bits per heavy atom. The van der Waals surface area contributed by atoms with Gasteiger partial charge >= 0.3 is 0 Å². The first kappa shape index (κ1) is 20.6. The lowest BCUT2D eigenvalue weighted by Crippen LogP contribution is -2.53. The molecule has 2 aromatic carbocycles. The van der Waals surface area contributed by atoms with Crippen LogP contribution in [-0.4, -0.2) is 55.8 Å². The maximum Gasteiger partial charge on any atom is 0.263 e. The van der Waals surface area contributed by atoms with Crippen LogP contribution in [0.25, 0.3) is 0 Å². The summed E-state index contributed by atoms with van der Waals surface area (Å²) in [4.78, 5) is 14.7. The van der Waals surface area contributed by atoms with Crippen LogP contribution in [0.3, 0.4) is 0 Å². The van der Waals surface area contributed by atoms with E-state index in [-0.39, 0.29) is 23.9 Å². The normalized spacial score (nSPS) is 16.6. The van der Waals surface area contributed by atoms with Crippen LogP contribution in [0.15, 0.2) is 59.5 Å². The van der Waals surface area contributed by atoms with Gasteiger partial charge in [-0.15, -0.1) is 0 Å². The summed E-state index contributed by atoms with van der Waals surface area (Å²) in [6.45, 7) is 3.02. The molecule has 3 rings (SSSR count). The standard InChI is InChI=1S/C20H23ClN2O4S/c1-2-19(27-17-8-4-3-5-9-17)20(24)22-11-13-23(14-12-22)28(25,26)18-10-6-7-16(21)15-18/h3-10,15,19H,2,11-14H2,1H3. The van der Waals surface area contributed by atoms with Crippen molar-refractivity contribution in [1.29, 1.82) is 0 Å². The number of hydrogen-bond donors (Lipinski definition) is 0. The number of para-hydroxylation sites is 1. The van der Waals surface area contributed by atoms with E-state index in [1.165, 1.54) is 16.4 Å². The number of carbonyl (C=O) groups excluding carboxylic acids is 1. The van der Waals surface area contributed by atoms with Crippen LogP contribution in [0.5, 0.6) is 5.75 Å². The molecule has 1 aliphatic rings. The van der Waals surface area contributed by atoms with E-state index in [1.54, 1.807) is 17.0 Å². The number of amides is 1. The molecule has 0 radical (unpaired) electrons. The van der Waals surface area contributed by atoms with Gasteiger partial charge in [-0.25, -0.2) is 8.42 Å². The highest BCUT2D eigenvalue weighted by Gasteiger charge is 2.32. The third-order valence-electron chi connectivity index (χ3n) is 4.65. The Hall–Kier alpha value is -2.09. The van der Waals surface area contributed by atoms with Crippen LogP contribution in [0.2, 0.25) is 5.02 Å². The first-order chi connectivity index (χ1) is 13.4. The average Bonchev–Trinajstić information content (AvgIpc) is 2.72. The molecule has 0 N–H and O–H groups in total. The zero-order valence-electron chi connectivity index (χ0n) is 15.6. The van der Waals surface area contributed by atoms with Crippen molar-refractivity contribution in [2.75, 3.05) is 26.2 Å². The minimum Gasteiger partial charge on any atom is -0.481 e. The van der Waals surface area contributed by atoms with E-state index in [2.05, 4.69) is 0 Å². The zero-order chi connectivity index (χ0) is 20.1. The average molecular weight is 423 g/mol. The first-order valence-electron chi connectivity index (χ1n) is 9.18. The van der Waals surface area contributed by atoms with Gasteiger partial charge in [-0.05, 0) is 36.8 Å². The predicted molar refractivity (Wildman–Crippen MR) is 108 cm³/mol. The number of nitrogens with zero attached hydrogens (tertiary/aromatic N) is 2. The summed E-state index contributed by atoms with van der Waals surface area (Å²) < 4.78 is 32.8. The lowest BCUT2D eigenvalue weighted by atomic mass is 10.2. The summed E-state index contributed by atoms with van der Waals surface area (Å²) >= 11 is 5.92. The quantitative estimate of drug-likeness (QED) is 0.717. The topological polar surface area (TPSA) is 66.9 Å². The Labute approximate surface area is 170 Å². The summed E-state index contributed by atoms with van der Waals surface area (Å²) in [6.07, 6.45) is -0.0483. The molecule has 0 aliphatic carbocycles. The SMILES string of the molecule is CCC(Oc1ccccc1)C(=O)N1CCN(S(=O)(=O)c2cccc(Cl)c2)CC1. The van der Waals surface area contributed by atoms with Crippen molar-refractivity contribution in [3.63, 3.8) is 0 Å². The maximum absolute atomic E-state index is 12.8. The van der Waals surface area contributed by atoms with E-state index in [0.29, 0.717) is 30.3 Å². The van der Waals surface area contributed by atoms with Crippen LogP contribution < -0.4 is 4.74 Å². The number of ether oxygens (including phenoxy) is 1. The highest BCUT2D eigenvalue weighted by molar-refractivity contribution is 7.89. The van der Waals surface area contributed by atoms with Crippen LogP contribution in [0, 0.1) is 0 Å². The summed E-state index contributed by atoms with van der Waals surface area (Å²) in [5.41, 5.74) is 0. The molecule has 1 saturated heterocycles. The fourth-order valence-corrected chi connectivity index (χ4v) is 4.82. The van der Waals surface area contributed by atoms with Crippen molar-refractivity contribution in [3.8, 4) is 5.75 Å². The van der Waals surface area contributed by atoms with Gasteiger partial charge in [0.25, 0.3) is 5.91 Å². The zero-order valence-corrected chi connectivity index (χ0v) is 17.2. The van der Waals surface area contributed by atoms with Crippen molar-refractivity contribution >= 4 is 27.5 Å². The Balaban J connectivity index is 1.63. The number of hydrogen-bond acceptors (Lipinski definition) is 4. The van der Waals surface area contributed by atoms with E-state index >= 15 is 0 Å². The number of piperazine rings is 1. The van der Waals surface area contributed by atoms with Gasteiger partial charge in [0.1, 0.15) is 5.75 Å². The van der Waals surface area contributed by atoms with Gasteiger partial charge in [-0.3, -0.25) is 4.79 Å². The van der Waals surface area contributed by atoms with Crippen molar-refractivity contribution < 1.29 is 17.9 Å². The highest BCUT2D eigenvalue weighted by Crippen LogP contribution is 2.21. The van der Waals surface area contributed by atoms with Crippen molar-refractivity contribution in [1.82, 2.24) is 9.21 Å². The molecule has 1 atom stereocenters. The summed E-state index contributed by atoms with van der Waals surface area (Å²) in [6, 6.07) is 15.4. The van der Waals surface area contributed by atoms with Crippen molar-refractivity contribution in [2.24, 2.45) is 0 Å². The molecule has 1 unspecified atom stereocenters. The van der Waals surface area contributed by atoms with Gasteiger partial charge in [0, 0.05) is 31.2 Å². The van der Waals surface area contributed by atoms with Gasteiger partial charge in [0.2, 0.25) is 10.0 Å². The van der Waals surface area contributed by atoms with Crippen molar-refractivity contribution in [3.05, 3.63) is 59.6 Å². The van der Waals surface area contributed by atoms with E-state index in [4.69, 9.17) is 16.3 Å². The third kappa shape index (κ3) is 4.66. The molecule has 6 nitrogen and oxygen atoms in total. The first-order valence-corrected chi connectivity index (χ1v) is 11.0. The Morgan fingerprint density at radius 1 is 1.07 bits per heavy atom. The number of rotatable bonds is 6. The lowest BCUT2D eigenvalue weighted by Gasteiger charge is -2.35. The molecule has 0 bridgehead atoms. The second kappa shape index (κ2) is 8.94. The largest absolute Gasteiger partial charge is 0.481 e. The van der Waals surface area contributed by atoms with E-state index in [9.17, 15) is 13.2 Å². The molecule has 1 amide bonds. The molecule has 1 aliphatic heterocycles. The summed E-state index contributed by atoms with van der Waals surface area (Å²) in [7, 11) is -3.63. The van der Waals surface area contributed by atoms with Crippen LogP contribution in [0.1, 0.15) is 13.3 Å². The smallest absolute Gasteiger partial charge is 0.263 e. The molecule has 0 spiro atoms. The van der Waals surface area contributed by atoms with Gasteiger partial charge in [-0.2, -0.15) is 4.31 Å². The Kier molecular flexibility index (Phi) is 6.59. The molecule has 150 valence electrons. The van der Waals surface area contributed by atoms with Gasteiger partial charge < -0.3 is 9.64 Å². The molecular formula is C20H23ClN2O4S. The second-order valence-electron chi connectivity index (χ2n) is 6.51. The van der Waals surface area contributed by atoms with Gasteiger partial charge in [-0.1, -0.05) is 42.8 Å². The number of halogens is 1. The summed E-state index contributed by atoms with van der Waals surface area (Å²) in [5.74, 6) is 0.524. The van der Waals surface area contributed by atoms with E-state index in [1.807, 2.05) is 37.3 Å². The molecule has 8 heteroatoms. The number of carbonyl (C=O) groups is 1. The van der Waals surface area contributed by atoms with E-state index in [0.717, 1.165) is 0 Å². The molecule has 1 heterocycles. The summed E-state index contributed by atoms with van der Waals surface area (Å²) in [5, 5.41) is 0.374. The Morgan fingerprint density at radius 2 is 1.75 bits per heavy atom. The van der Waals surface area contributed by atoms with Crippen LogP contribution in [0.4, 0.5) is 0 Å². The molecule has 2 aromatic rings. The fraction of sp³-hybridized carbons (Fsp3) is 0.350. The number of sulfonamides is 1. The monoisotopic (exact) mass is 422 g/mol. The molecular weight excluding hydrogens is 400 g/mol. The Bertz CT molecular complexity index is 913. The predicted octanol–water partition coefficient (Wildman–Crippen LogP) is 3.03. The third-order valence-corrected chi connectivity index (χ3v) is 6.78. The molecule has 0 saturated carbocycles. The van der Waals surface area contributed by atoms with Crippen LogP contribution >= 0.6 is 11.6 Å². The van der Waals surface area contributed by atoms with Crippen LogP contribution in [-0.2, 0) is 14.8 Å². The van der Waals surface area contributed by atoms with Gasteiger partial charge in [0.05, 0.1) is 4.90 Å². The lowest BCUT2D eigenvalue weighted by molar-refractivity contribution is -0.140. The fourth-order valence-electron chi connectivity index (χ4n) is 3.10. The van der Waals surface area contributed by atoms with E-state index < -0.39 is 16.1 Å². The highest BCUT2D eigenvalue weighted by atomic mass is 35.5. The minimum atomic E-state index is -3.63.